The van der Waals surface area contributed by atoms with Crippen molar-refractivity contribution in [2.75, 3.05) is 18.0 Å². The second-order valence-electron chi connectivity index (χ2n) is 9.74. The number of thiazole rings is 1. The first-order chi connectivity index (χ1) is 17.9. The van der Waals surface area contributed by atoms with E-state index >= 15 is 0 Å². The van der Waals surface area contributed by atoms with Gasteiger partial charge >= 0.3 is 4.87 Å². The fraction of sp³-hybridized carbons (Fsp3) is 0.370. The topological polar surface area (TPSA) is 92.6 Å². The van der Waals surface area contributed by atoms with Gasteiger partial charge in [-0.2, -0.15) is 0 Å². The summed E-state index contributed by atoms with van der Waals surface area (Å²) in [4.78, 5) is 61.7. The highest BCUT2D eigenvalue weighted by molar-refractivity contribution is 8.00. The zero-order valence-corrected chi connectivity index (χ0v) is 22.0. The van der Waals surface area contributed by atoms with Gasteiger partial charge in [-0.1, -0.05) is 46.9 Å². The van der Waals surface area contributed by atoms with Crippen LogP contribution in [0.2, 0.25) is 0 Å². The minimum Gasteiger partial charge on any atom is -0.341 e. The lowest BCUT2D eigenvalue weighted by Gasteiger charge is -2.31. The number of benzene rings is 1. The SMILES string of the molecule is Cc1ccc(N2C(=O)[C@@H]3[C@H](c4cccnc4)c4sc(=O)n(CC(=O)N5CCCCC5)c4S[C@@H]3C2=O)cc1. The molecule has 0 radical (unpaired) electrons. The summed E-state index contributed by atoms with van der Waals surface area (Å²) in [6.07, 6.45) is 6.40. The zero-order chi connectivity index (χ0) is 25.7. The van der Waals surface area contributed by atoms with E-state index < -0.39 is 17.1 Å². The van der Waals surface area contributed by atoms with Crippen LogP contribution in [-0.4, -0.2) is 50.5 Å². The first-order valence-electron chi connectivity index (χ1n) is 12.5. The monoisotopic (exact) mass is 534 g/mol. The molecule has 2 fully saturated rings. The van der Waals surface area contributed by atoms with Crippen LogP contribution in [0.1, 0.15) is 41.2 Å². The Morgan fingerprint density at radius 2 is 1.78 bits per heavy atom. The van der Waals surface area contributed by atoms with Crippen LogP contribution >= 0.6 is 23.1 Å². The van der Waals surface area contributed by atoms with Crippen LogP contribution in [0.4, 0.5) is 5.69 Å². The number of amides is 3. The van der Waals surface area contributed by atoms with Gasteiger partial charge in [0.1, 0.15) is 11.8 Å². The number of piperidine rings is 1. The molecular weight excluding hydrogens is 508 g/mol. The number of fused-ring (bicyclic) bond motifs is 2. The number of rotatable bonds is 4. The molecule has 0 unspecified atom stereocenters. The summed E-state index contributed by atoms with van der Waals surface area (Å²) in [6.45, 7) is 3.30. The number of hydrogen-bond donors (Lipinski definition) is 0. The summed E-state index contributed by atoms with van der Waals surface area (Å²) in [5.74, 6) is -1.82. The zero-order valence-electron chi connectivity index (χ0n) is 20.3. The molecule has 3 amide bonds. The largest absolute Gasteiger partial charge is 0.341 e. The minimum absolute atomic E-state index is 0.0569. The fourth-order valence-electron chi connectivity index (χ4n) is 5.50. The Hall–Kier alpha value is -3.24. The molecule has 10 heteroatoms. The lowest BCUT2D eigenvalue weighted by atomic mass is 9.84. The normalized spacial score (nSPS) is 23.2. The number of aryl methyl sites for hydroxylation is 1. The van der Waals surface area contributed by atoms with Crippen molar-refractivity contribution < 1.29 is 14.4 Å². The summed E-state index contributed by atoms with van der Waals surface area (Å²) >= 11 is 2.31. The molecule has 3 aromatic rings. The molecule has 6 rings (SSSR count). The summed E-state index contributed by atoms with van der Waals surface area (Å²) in [5, 5.41) is -0.0841. The number of imide groups is 1. The van der Waals surface area contributed by atoms with Crippen LogP contribution in [0.3, 0.4) is 0 Å². The van der Waals surface area contributed by atoms with Gasteiger partial charge in [0.05, 0.1) is 16.6 Å². The second kappa shape index (κ2) is 9.57. The van der Waals surface area contributed by atoms with E-state index in [1.807, 2.05) is 30.0 Å². The molecule has 3 aliphatic heterocycles. The van der Waals surface area contributed by atoms with Crippen molar-refractivity contribution in [3.63, 3.8) is 0 Å². The van der Waals surface area contributed by atoms with Crippen molar-refractivity contribution in [1.29, 1.82) is 0 Å². The number of carbonyl (C=O) groups excluding carboxylic acids is 3. The molecule has 0 saturated carbocycles. The first-order valence-corrected chi connectivity index (χ1v) is 14.2. The highest BCUT2D eigenvalue weighted by Gasteiger charge is 2.56. The van der Waals surface area contributed by atoms with Crippen molar-refractivity contribution in [3.8, 4) is 0 Å². The third-order valence-electron chi connectivity index (χ3n) is 7.39. The van der Waals surface area contributed by atoms with Gasteiger partial charge in [0.15, 0.2) is 0 Å². The lowest BCUT2D eigenvalue weighted by molar-refractivity contribution is -0.133. The van der Waals surface area contributed by atoms with Gasteiger partial charge in [0.2, 0.25) is 17.7 Å². The van der Waals surface area contributed by atoms with E-state index in [-0.39, 0.29) is 29.1 Å². The summed E-state index contributed by atoms with van der Waals surface area (Å²) in [7, 11) is 0. The number of nitrogens with zero attached hydrogens (tertiary/aromatic N) is 4. The van der Waals surface area contributed by atoms with Crippen molar-refractivity contribution in [2.45, 2.75) is 48.9 Å². The number of carbonyl (C=O) groups is 3. The fourth-order valence-corrected chi connectivity index (χ4v) is 8.27. The predicted molar refractivity (Wildman–Crippen MR) is 142 cm³/mol. The molecule has 5 heterocycles. The summed E-state index contributed by atoms with van der Waals surface area (Å²) in [6, 6.07) is 11.0. The lowest BCUT2D eigenvalue weighted by Crippen LogP contribution is -2.39. The van der Waals surface area contributed by atoms with Crippen molar-refractivity contribution in [1.82, 2.24) is 14.5 Å². The molecule has 8 nitrogen and oxygen atoms in total. The van der Waals surface area contributed by atoms with Crippen LogP contribution in [0.25, 0.3) is 0 Å². The quantitative estimate of drug-likeness (QED) is 0.477. The molecule has 2 saturated heterocycles. The molecule has 1 aromatic carbocycles. The number of thioether (sulfide) groups is 1. The maximum atomic E-state index is 13.8. The maximum absolute atomic E-state index is 13.8. The van der Waals surface area contributed by atoms with Crippen LogP contribution in [0.5, 0.6) is 0 Å². The summed E-state index contributed by atoms with van der Waals surface area (Å²) in [5.41, 5.74) is 2.36. The molecule has 0 aliphatic carbocycles. The van der Waals surface area contributed by atoms with Gasteiger partial charge < -0.3 is 4.90 Å². The number of anilines is 1. The average Bonchev–Trinajstić information content (AvgIpc) is 3.36. The smallest absolute Gasteiger partial charge is 0.308 e. The van der Waals surface area contributed by atoms with Crippen LogP contribution in [-0.2, 0) is 20.9 Å². The number of aromatic nitrogens is 2. The van der Waals surface area contributed by atoms with Gasteiger partial charge in [-0.05, 0) is 49.9 Å². The molecule has 0 spiro atoms. The minimum atomic E-state index is -0.697. The van der Waals surface area contributed by atoms with Gasteiger partial charge in [-0.3, -0.25) is 28.7 Å². The van der Waals surface area contributed by atoms with E-state index in [1.54, 1.807) is 30.6 Å². The molecule has 3 aliphatic rings. The van der Waals surface area contributed by atoms with E-state index in [4.69, 9.17) is 0 Å². The van der Waals surface area contributed by atoms with Crippen LogP contribution in [0, 0.1) is 12.8 Å². The Morgan fingerprint density at radius 1 is 1.03 bits per heavy atom. The molecule has 0 N–H and O–H groups in total. The molecule has 2 aromatic heterocycles. The highest BCUT2D eigenvalue weighted by Crippen LogP contribution is 2.53. The Balaban J connectivity index is 1.42. The summed E-state index contributed by atoms with van der Waals surface area (Å²) < 4.78 is 1.51. The van der Waals surface area contributed by atoms with Crippen LogP contribution < -0.4 is 9.77 Å². The average molecular weight is 535 g/mol. The van der Waals surface area contributed by atoms with E-state index in [9.17, 15) is 19.2 Å². The molecular formula is C27H26N4O4S2. The van der Waals surface area contributed by atoms with Gasteiger partial charge in [-0.15, -0.1) is 0 Å². The van der Waals surface area contributed by atoms with E-state index in [2.05, 4.69) is 4.98 Å². The van der Waals surface area contributed by atoms with E-state index in [1.165, 1.54) is 21.2 Å². The Labute approximate surface area is 222 Å². The Bertz CT molecular complexity index is 1430. The van der Waals surface area contributed by atoms with Crippen molar-refractivity contribution >= 4 is 46.5 Å². The highest BCUT2D eigenvalue weighted by atomic mass is 32.2. The molecule has 3 atom stereocenters. The van der Waals surface area contributed by atoms with E-state index in [0.29, 0.717) is 23.8 Å². The van der Waals surface area contributed by atoms with Gasteiger partial charge in [0, 0.05) is 36.3 Å². The maximum Gasteiger partial charge on any atom is 0.308 e. The van der Waals surface area contributed by atoms with E-state index in [0.717, 1.165) is 46.6 Å². The Morgan fingerprint density at radius 3 is 2.49 bits per heavy atom. The Kier molecular flexibility index (Phi) is 6.24. The molecule has 0 bridgehead atoms. The number of pyridine rings is 1. The van der Waals surface area contributed by atoms with Gasteiger partial charge in [0.25, 0.3) is 0 Å². The first kappa shape index (κ1) is 24.1. The number of likely N-dealkylation sites (tertiary alicyclic amines) is 1. The van der Waals surface area contributed by atoms with Crippen molar-refractivity contribution in [2.24, 2.45) is 5.92 Å². The standard InChI is InChI=1S/C27H26N4O4S2/c1-16-7-9-18(10-8-16)31-24(33)21-20(17-6-5-11-28-14-17)23-26(36-22(21)25(31)34)30(27(35)37-23)15-19(32)29-12-3-2-4-13-29/h5-11,14,20-22H,2-4,12-13,15H2,1H3/t20-,21+,22-/m0/s1. The third-order valence-corrected chi connectivity index (χ3v) is 9.99. The molecule has 37 heavy (non-hydrogen) atoms. The van der Waals surface area contributed by atoms with Crippen molar-refractivity contribution in [3.05, 3.63) is 74.5 Å². The number of hydrogen-bond acceptors (Lipinski definition) is 7. The van der Waals surface area contributed by atoms with Gasteiger partial charge in [-0.25, -0.2) is 4.90 Å². The van der Waals surface area contributed by atoms with Crippen LogP contribution in [0.15, 0.2) is 58.6 Å². The molecule has 190 valence electrons. The predicted octanol–water partition coefficient (Wildman–Crippen LogP) is 3.42. The third kappa shape index (κ3) is 4.12. The second-order valence-corrected chi connectivity index (χ2v) is 11.9.